The van der Waals surface area contributed by atoms with Crippen molar-refractivity contribution < 1.29 is 24.3 Å². The number of oxime groups is 1. The molecule has 4 fully saturated rings. The first-order valence-corrected chi connectivity index (χ1v) is 15.0. The van der Waals surface area contributed by atoms with E-state index in [-0.39, 0.29) is 23.5 Å². The molecule has 0 heterocycles. The van der Waals surface area contributed by atoms with Gasteiger partial charge >= 0.3 is 11.9 Å². The third kappa shape index (κ3) is 4.84. The van der Waals surface area contributed by atoms with Crippen molar-refractivity contribution in [3.05, 3.63) is 0 Å². The Morgan fingerprint density at radius 3 is 2.35 bits per heavy atom. The summed E-state index contributed by atoms with van der Waals surface area (Å²) in [6.45, 7) is 14.8. The largest absolute Gasteiger partial charge is 0.462 e. The van der Waals surface area contributed by atoms with Gasteiger partial charge in [-0.25, -0.2) is 0 Å². The van der Waals surface area contributed by atoms with Crippen LogP contribution in [0.1, 0.15) is 119 Å². The molecule has 0 aliphatic heterocycles. The van der Waals surface area contributed by atoms with Gasteiger partial charge in [-0.05, 0) is 85.9 Å². The van der Waals surface area contributed by atoms with Crippen molar-refractivity contribution in [1.29, 1.82) is 0 Å². The Kier molecular flexibility index (Phi) is 8.08. The van der Waals surface area contributed by atoms with Crippen LogP contribution in [0.4, 0.5) is 0 Å². The lowest BCUT2D eigenvalue weighted by Crippen LogP contribution is -2.68. The molecule has 0 spiro atoms. The van der Waals surface area contributed by atoms with Gasteiger partial charge in [0.2, 0.25) is 0 Å². The van der Waals surface area contributed by atoms with Crippen LogP contribution in [0.3, 0.4) is 0 Å². The third-order valence-electron chi connectivity index (χ3n) is 11.5. The lowest BCUT2D eigenvalue weighted by molar-refractivity contribution is -0.204. The number of hydrogen-bond acceptors (Lipinski definition) is 6. The van der Waals surface area contributed by atoms with Crippen molar-refractivity contribution in [2.24, 2.45) is 51.5 Å². The van der Waals surface area contributed by atoms with E-state index in [1.165, 1.54) is 52.4 Å². The molecule has 0 unspecified atom stereocenters. The first kappa shape index (κ1) is 28.4. The Labute approximate surface area is 224 Å². The average molecular weight is 518 g/mol. The van der Waals surface area contributed by atoms with E-state index in [4.69, 9.17) is 9.47 Å². The van der Waals surface area contributed by atoms with E-state index in [1.54, 1.807) is 0 Å². The monoisotopic (exact) mass is 517 g/mol. The summed E-state index contributed by atoms with van der Waals surface area (Å²) in [5, 5.41) is 14.2. The van der Waals surface area contributed by atoms with Crippen molar-refractivity contribution >= 4 is 17.7 Å². The molecule has 4 saturated carbocycles. The van der Waals surface area contributed by atoms with E-state index < -0.39 is 5.60 Å². The normalized spacial score (nSPS) is 43.0. The highest BCUT2D eigenvalue weighted by atomic mass is 16.6. The second-order valence-electron chi connectivity index (χ2n) is 14.0. The number of ether oxygens (including phenoxy) is 2. The molecule has 0 aromatic carbocycles. The number of carbonyl (C=O) groups is 2. The molecule has 6 heteroatoms. The van der Waals surface area contributed by atoms with Crippen molar-refractivity contribution in [3.63, 3.8) is 0 Å². The van der Waals surface area contributed by atoms with Gasteiger partial charge in [0.05, 0.1) is 0 Å². The predicted octanol–water partition coefficient (Wildman–Crippen LogP) is 7.17. The first-order chi connectivity index (χ1) is 17.4. The van der Waals surface area contributed by atoms with Gasteiger partial charge in [0.1, 0.15) is 11.8 Å². The minimum Gasteiger partial charge on any atom is -0.462 e. The summed E-state index contributed by atoms with van der Waals surface area (Å²) in [6.07, 6.45) is 11.0. The molecule has 6 nitrogen and oxygen atoms in total. The molecule has 0 bridgehead atoms. The maximum atomic E-state index is 12.5. The van der Waals surface area contributed by atoms with E-state index in [0.29, 0.717) is 41.7 Å². The zero-order chi connectivity index (χ0) is 27.2. The molecule has 9 atom stereocenters. The topological polar surface area (TPSA) is 85.2 Å². The summed E-state index contributed by atoms with van der Waals surface area (Å²) in [7, 11) is 0. The maximum absolute atomic E-state index is 12.5. The van der Waals surface area contributed by atoms with Crippen LogP contribution in [0.2, 0.25) is 0 Å². The fraction of sp³-hybridized carbons (Fsp3) is 0.903. The summed E-state index contributed by atoms with van der Waals surface area (Å²) < 4.78 is 11.8. The predicted molar refractivity (Wildman–Crippen MR) is 144 cm³/mol. The SMILES string of the molecule is CC(=O)O[C@H]1CC[C@]2(C)[C@H]3CC[C@@]4(C)[C@H](CC[C@@H]4[C@H](C)CCCC(C)C)[C@H]3C/C(=N/O)[C@@]2(OC(C)=O)C1. The molecule has 0 amide bonds. The average Bonchev–Trinajstić information content (AvgIpc) is 3.15. The maximum Gasteiger partial charge on any atom is 0.303 e. The van der Waals surface area contributed by atoms with Gasteiger partial charge in [-0.15, -0.1) is 0 Å². The van der Waals surface area contributed by atoms with Gasteiger partial charge < -0.3 is 14.7 Å². The zero-order valence-electron chi connectivity index (χ0n) is 24.3. The van der Waals surface area contributed by atoms with Crippen LogP contribution in [0.15, 0.2) is 5.16 Å². The number of rotatable bonds is 7. The highest BCUT2D eigenvalue weighted by molar-refractivity contribution is 5.96. The fourth-order valence-electron chi connectivity index (χ4n) is 9.95. The molecule has 0 aromatic heterocycles. The van der Waals surface area contributed by atoms with Gasteiger partial charge in [-0.2, -0.15) is 0 Å². The number of hydrogen-bond donors (Lipinski definition) is 1. The van der Waals surface area contributed by atoms with Gasteiger partial charge in [-0.1, -0.05) is 59.0 Å². The van der Waals surface area contributed by atoms with Gasteiger partial charge in [0, 0.05) is 25.7 Å². The standard InChI is InChI=1S/C31H51NO5/c1-19(2)9-8-10-20(3)25-11-12-26-24-17-28(32-35)31(37-22(5)34)18-23(36-21(4)33)13-16-30(31,7)27(24)14-15-29(25,26)6/h19-20,23-27,35H,8-18H2,1-7H3/b32-28-/t20-,23+,24-,25-,26-,27+,29-,30-,31+/m1/s1. The number of esters is 2. The summed E-state index contributed by atoms with van der Waals surface area (Å²) in [4.78, 5) is 24.3. The molecule has 1 N–H and O–H groups in total. The summed E-state index contributed by atoms with van der Waals surface area (Å²) in [6, 6.07) is 0. The van der Waals surface area contributed by atoms with Crippen molar-refractivity contribution in [1.82, 2.24) is 0 Å². The van der Waals surface area contributed by atoms with E-state index >= 15 is 0 Å². The highest BCUT2D eigenvalue weighted by Crippen LogP contribution is 2.69. The van der Waals surface area contributed by atoms with E-state index in [1.807, 2.05) is 0 Å². The van der Waals surface area contributed by atoms with Crippen molar-refractivity contribution in [3.8, 4) is 0 Å². The molecule has 4 aliphatic rings. The van der Waals surface area contributed by atoms with Crippen LogP contribution in [0, 0.1) is 46.3 Å². The number of nitrogens with zero attached hydrogens (tertiary/aromatic N) is 1. The molecule has 37 heavy (non-hydrogen) atoms. The third-order valence-corrected chi connectivity index (χ3v) is 11.5. The molecule has 4 aliphatic carbocycles. The molecule has 4 rings (SSSR count). The zero-order valence-corrected chi connectivity index (χ0v) is 24.3. The number of carbonyl (C=O) groups excluding carboxylic acids is 2. The molecule has 0 radical (unpaired) electrons. The van der Waals surface area contributed by atoms with E-state index in [2.05, 4.69) is 39.8 Å². The molecular weight excluding hydrogens is 466 g/mol. The van der Waals surface area contributed by atoms with Gasteiger partial charge in [0.25, 0.3) is 0 Å². The molecule has 0 aromatic rings. The second kappa shape index (κ2) is 10.5. The van der Waals surface area contributed by atoms with Gasteiger partial charge in [-0.3, -0.25) is 9.59 Å². The van der Waals surface area contributed by atoms with Gasteiger partial charge in [0.15, 0.2) is 5.60 Å². The van der Waals surface area contributed by atoms with Crippen molar-refractivity contribution in [2.45, 2.75) is 131 Å². The fourth-order valence-corrected chi connectivity index (χ4v) is 9.95. The smallest absolute Gasteiger partial charge is 0.303 e. The Hall–Kier alpha value is -1.59. The van der Waals surface area contributed by atoms with Crippen molar-refractivity contribution in [2.75, 3.05) is 0 Å². The van der Waals surface area contributed by atoms with Crippen LogP contribution < -0.4 is 0 Å². The quantitative estimate of drug-likeness (QED) is 0.220. The lowest BCUT2D eigenvalue weighted by atomic mass is 9.42. The summed E-state index contributed by atoms with van der Waals surface area (Å²) >= 11 is 0. The molecular formula is C31H51NO5. The van der Waals surface area contributed by atoms with Crippen LogP contribution in [0.5, 0.6) is 0 Å². The lowest BCUT2D eigenvalue weighted by Gasteiger charge is -2.64. The molecule has 210 valence electrons. The van der Waals surface area contributed by atoms with Crippen LogP contribution in [-0.2, 0) is 19.1 Å². The summed E-state index contributed by atoms with van der Waals surface area (Å²) in [5.74, 6) is 2.96. The minimum atomic E-state index is -1.02. The first-order valence-electron chi connectivity index (χ1n) is 15.0. The molecule has 0 saturated heterocycles. The second-order valence-corrected chi connectivity index (χ2v) is 14.0. The Balaban J connectivity index is 1.63. The number of fused-ring (bicyclic) bond motifs is 5. The van der Waals surface area contributed by atoms with Crippen LogP contribution >= 0.6 is 0 Å². The highest BCUT2D eigenvalue weighted by Gasteiger charge is 2.69. The minimum absolute atomic E-state index is 0.311. The van der Waals surface area contributed by atoms with E-state index in [9.17, 15) is 14.8 Å². The van der Waals surface area contributed by atoms with Crippen LogP contribution in [0.25, 0.3) is 0 Å². The Bertz CT molecular complexity index is 900. The Morgan fingerprint density at radius 1 is 1.00 bits per heavy atom. The summed E-state index contributed by atoms with van der Waals surface area (Å²) in [5.41, 5.74) is -0.474. The Morgan fingerprint density at radius 2 is 1.73 bits per heavy atom. The van der Waals surface area contributed by atoms with E-state index in [0.717, 1.165) is 37.0 Å². The van der Waals surface area contributed by atoms with Crippen LogP contribution in [-0.4, -0.2) is 34.6 Å².